The number of carbonyl (C=O) groups is 1. The number of rotatable bonds is 2. The first kappa shape index (κ1) is 13.9. The molecule has 0 radical (unpaired) electrons. The number of benzene rings is 1. The molecule has 1 aliphatic carbocycles. The minimum absolute atomic E-state index is 0.223. The first-order valence-corrected chi connectivity index (χ1v) is 7.62. The van der Waals surface area contributed by atoms with Gasteiger partial charge in [-0.05, 0) is 36.5 Å². The number of hydrogen-bond donors (Lipinski definition) is 0. The zero-order chi connectivity index (χ0) is 14.7. The number of hydrogen-bond acceptors (Lipinski definition) is 2. The van der Waals surface area contributed by atoms with E-state index in [9.17, 15) is 4.79 Å². The van der Waals surface area contributed by atoms with E-state index < -0.39 is 0 Å². The number of likely N-dealkylation sites (tertiary alicyclic amines) is 1. The third-order valence-electron chi connectivity index (χ3n) is 4.20. The van der Waals surface area contributed by atoms with E-state index in [1.165, 1.54) is 5.56 Å². The highest BCUT2D eigenvalue weighted by Gasteiger charge is 2.28. The van der Waals surface area contributed by atoms with Crippen LogP contribution in [0.3, 0.4) is 0 Å². The van der Waals surface area contributed by atoms with Crippen LogP contribution >= 0.6 is 0 Å². The van der Waals surface area contributed by atoms with Crippen molar-refractivity contribution in [2.75, 3.05) is 13.1 Å². The molecule has 0 saturated carbocycles. The molecule has 1 aliphatic heterocycles. The maximum absolute atomic E-state index is 12.2. The second-order valence-corrected chi connectivity index (χ2v) is 5.89. The number of nitrogens with zero attached hydrogens (tertiary/aromatic N) is 1. The SMILES string of the molecule is CC1C=CC(OC(=O)N2CCC(c3ccccc3)C2)=CC1. The quantitative estimate of drug-likeness (QED) is 0.818. The van der Waals surface area contributed by atoms with Gasteiger partial charge < -0.3 is 9.64 Å². The van der Waals surface area contributed by atoms with Crippen molar-refractivity contribution in [3.63, 3.8) is 0 Å². The molecule has 0 N–H and O–H groups in total. The fraction of sp³-hybridized carbons (Fsp3) is 0.389. The van der Waals surface area contributed by atoms with Gasteiger partial charge in [-0.25, -0.2) is 4.79 Å². The van der Waals surface area contributed by atoms with Gasteiger partial charge in [-0.2, -0.15) is 0 Å². The Labute approximate surface area is 125 Å². The van der Waals surface area contributed by atoms with Gasteiger partial charge in [0, 0.05) is 19.0 Å². The van der Waals surface area contributed by atoms with E-state index in [1.54, 1.807) is 0 Å². The molecule has 2 aliphatic rings. The van der Waals surface area contributed by atoms with Crippen LogP contribution < -0.4 is 0 Å². The topological polar surface area (TPSA) is 29.5 Å². The van der Waals surface area contributed by atoms with Crippen LogP contribution in [-0.4, -0.2) is 24.1 Å². The van der Waals surface area contributed by atoms with Gasteiger partial charge in [0.05, 0.1) is 0 Å². The summed E-state index contributed by atoms with van der Waals surface area (Å²) in [7, 11) is 0. The van der Waals surface area contributed by atoms with Crippen LogP contribution in [0.4, 0.5) is 4.79 Å². The summed E-state index contributed by atoms with van der Waals surface area (Å²) in [6, 6.07) is 10.4. The first-order chi connectivity index (χ1) is 10.2. The van der Waals surface area contributed by atoms with E-state index >= 15 is 0 Å². The summed E-state index contributed by atoms with van der Waals surface area (Å²) in [6.07, 6.45) is 7.69. The standard InChI is InChI=1S/C18H21NO2/c1-14-7-9-17(10-8-14)21-18(20)19-12-11-16(13-19)15-5-3-2-4-6-15/h2-7,9-10,14,16H,8,11-13H2,1H3. The predicted molar refractivity (Wildman–Crippen MR) is 82.9 cm³/mol. The summed E-state index contributed by atoms with van der Waals surface area (Å²) in [5.74, 6) is 1.64. The molecule has 0 aromatic heterocycles. The molecule has 0 spiro atoms. The van der Waals surface area contributed by atoms with Crippen LogP contribution in [0.1, 0.15) is 31.2 Å². The summed E-state index contributed by atoms with van der Waals surface area (Å²) in [5, 5.41) is 0. The van der Waals surface area contributed by atoms with Crippen LogP contribution in [-0.2, 0) is 4.74 Å². The largest absolute Gasteiger partial charge is 0.415 e. The number of amides is 1. The Morgan fingerprint density at radius 1 is 1.29 bits per heavy atom. The molecule has 3 nitrogen and oxygen atoms in total. The lowest BCUT2D eigenvalue weighted by Gasteiger charge is -2.18. The van der Waals surface area contributed by atoms with E-state index in [0.29, 0.717) is 17.6 Å². The van der Waals surface area contributed by atoms with E-state index in [4.69, 9.17) is 4.74 Å². The molecule has 1 amide bonds. The predicted octanol–water partition coefficient (Wildman–Crippen LogP) is 4.09. The lowest BCUT2D eigenvalue weighted by Crippen LogP contribution is -2.29. The summed E-state index contributed by atoms with van der Waals surface area (Å²) in [5.41, 5.74) is 1.30. The lowest BCUT2D eigenvalue weighted by atomic mass is 9.99. The van der Waals surface area contributed by atoms with Crippen molar-refractivity contribution in [2.45, 2.75) is 25.7 Å². The van der Waals surface area contributed by atoms with Gasteiger partial charge in [0.2, 0.25) is 0 Å². The Morgan fingerprint density at radius 2 is 2.10 bits per heavy atom. The summed E-state index contributed by atoms with van der Waals surface area (Å²) in [6.45, 7) is 3.67. The Balaban J connectivity index is 1.56. The van der Waals surface area contributed by atoms with Crippen LogP contribution in [0.25, 0.3) is 0 Å². The normalized spacial score (nSPS) is 24.8. The number of carbonyl (C=O) groups excluding carboxylic acids is 1. The van der Waals surface area contributed by atoms with E-state index in [2.05, 4.69) is 37.3 Å². The average Bonchev–Trinajstić information content (AvgIpc) is 3.00. The molecule has 21 heavy (non-hydrogen) atoms. The monoisotopic (exact) mass is 283 g/mol. The Kier molecular flexibility index (Phi) is 4.09. The van der Waals surface area contributed by atoms with Crippen molar-refractivity contribution in [3.8, 4) is 0 Å². The molecule has 1 heterocycles. The molecule has 1 aromatic carbocycles. The van der Waals surface area contributed by atoms with Crippen molar-refractivity contribution < 1.29 is 9.53 Å². The second-order valence-electron chi connectivity index (χ2n) is 5.89. The fourth-order valence-corrected chi connectivity index (χ4v) is 2.87. The van der Waals surface area contributed by atoms with Crippen molar-refractivity contribution in [1.29, 1.82) is 0 Å². The van der Waals surface area contributed by atoms with Crippen LogP contribution in [0, 0.1) is 5.92 Å². The zero-order valence-corrected chi connectivity index (χ0v) is 12.4. The molecule has 1 saturated heterocycles. The summed E-state index contributed by atoms with van der Waals surface area (Å²) in [4.78, 5) is 14.0. The maximum atomic E-state index is 12.2. The molecule has 3 rings (SSSR count). The van der Waals surface area contributed by atoms with Gasteiger partial charge in [-0.1, -0.05) is 43.3 Å². The van der Waals surface area contributed by atoms with Crippen LogP contribution in [0.2, 0.25) is 0 Å². The van der Waals surface area contributed by atoms with E-state index in [-0.39, 0.29) is 6.09 Å². The maximum Gasteiger partial charge on any atom is 0.415 e. The van der Waals surface area contributed by atoms with Crippen LogP contribution in [0.5, 0.6) is 0 Å². The Hall–Kier alpha value is -2.03. The smallest absolute Gasteiger partial charge is 0.411 e. The highest BCUT2D eigenvalue weighted by molar-refractivity contribution is 5.70. The van der Waals surface area contributed by atoms with Gasteiger partial charge in [-0.15, -0.1) is 0 Å². The molecule has 2 unspecified atom stereocenters. The third kappa shape index (κ3) is 3.35. The lowest BCUT2D eigenvalue weighted by molar-refractivity contribution is 0.139. The van der Waals surface area contributed by atoms with Gasteiger partial charge in [0.15, 0.2) is 0 Å². The molecular weight excluding hydrogens is 262 g/mol. The average molecular weight is 283 g/mol. The van der Waals surface area contributed by atoms with Crippen molar-refractivity contribution in [3.05, 3.63) is 59.9 Å². The Bertz CT molecular complexity index is 562. The molecule has 1 fully saturated rings. The molecule has 0 bridgehead atoms. The molecule has 110 valence electrons. The Morgan fingerprint density at radius 3 is 2.81 bits per heavy atom. The summed E-state index contributed by atoms with van der Waals surface area (Å²) >= 11 is 0. The van der Waals surface area contributed by atoms with Crippen molar-refractivity contribution in [1.82, 2.24) is 4.90 Å². The van der Waals surface area contributed by atoms with E-state index in [0.717, 1.165) is 25.9 Å². The minimum Gasteiger partial charge on any atom is -0.411 e. The molecule has 3 heteroatoms. The fourth-order valence-electron chi connectivity index (χ4n) is 2.87. The molecule has 1 aromatic rings. The van der Waals surface area contributed by atoms with Gasteiger partial charge in [-0.3, -0.25) is 0 Å². The second kappa shape index (κ2) is 6.17. The van der Waals surface area contributed by atoms with Crippen molar-refractivity contribution >= 4 is 6.09 Å². The van der Waals surface area contributed by atoms with E-state index in [1.807, 2.05) is 23.1 Å². The van der Waals surface area contributed by atoms with Crippen LogP contribution in [0.15, 0.2) is 54.3 Å². The number of ether oxygens (including phenoxy) is 1. The van der Waals surface area contributed by atoms with Gasteiger partial charge >= 0.3 is 6.09 Å². The highest BCUT2D eigenvalue weighted by atomic mass is 16.6. The van der Waals surface area contributed by atoms with Crippen molar-refractivity contribution in [2.24, 2.45) is 5.92 Å². The van der Waals surface area contributed by atoms with Gasteiger partial charge in [0.1, 0.15) is 5.76 Å². The zero-order valence-electron chi connectivity index (χ0n) is 12.4. The molecular formula is C18H21NO2. The van der Waals surface area contributed by atoms with Gasteiger partial charge in [0.25, 0.3) is 0 Å². The highest BCUT2D eigenvalue weighted by Crippen LogP contribution is 2.28. The number of allylic oxidation sites excluding steroid dienone is 3. The summed E-state index contributed by atoms with van der Waals surface area (Å²) < 4.78 is 5.47. The minimum atomic E-state index is -0.223. The first-order valence-electron chi connectivity index (χ1n) is 7.62. The molecule has 2 atom stereocenters. The third-order valence-corrected chi connectivity index (χ3v) is 4.20.